The lowest BCUT2D eigenvalue weighted by molar-refractivity contribution is 1.43. The third kappa shape index (κ3) is 2.87. The minimum absolute atomic E-state index is 0.0492. The molecular weight excluding hydrogens is 124 g/mol. The molecule has 0 aromatic rings. The molecule has 0 bridgehead atoms. The average molecular weight is 136 g/mol. The van der Waals surface area contributed by atoms with Crippen LogP contribution in [-0.4, -0.2) is 5.84 Å². The normalized spacial score (nSPS) is 11.9. The van der Waals surface area contributed by atoms with Gasteiger partial charge in [0.1, 0.15) is 5.84 Å². The van der Waals surface area contributed by atoms with E-state index in [1.807, 2.05) is 19.1 Å². The molecule has 0 aliphatic rings. The lowest BCUT2D eigenvalue weighted by Gasteiger charge is -1.93. The zero-order valence-corrected chi connectivity index (χ0v) is 6.09. The number of amidine groups is 1. The van der Waals surface area contributed by atoms with Crippen LogP contribution in [0.15, 0.2) is 36.5 Å². The molecule has 0 fully saturated rings. The van der Waals surface area contributed by atoms with Crippen molar-refractivity contribution in [1.82, 2.24) is 0 Å². The van der Waals surface area contributed by atoms with Gasteiger partial charge in [0, 0.05) is 5.57 Å². The minimum atomic E-state index is 0.0492. The smallest absolute Gasteiger partial charge is 0.122 e. The van der Waals surface area contributed by atoms with Crippen molar-refractivity contribution in [3.8, 4) is 0 Å². The number of rotatable bonds is 3. The highest BCUT2D eigenvalue weighted by Crippen LogP contribution is 1.93. The predicted molar refractivity (Wildman–Crippen MR) is 45.0 cm³/mol. The van der Waals surface area contributed by atoms with Gasteiger partial charge in [-0.2, -0.15) is 0 Å². The van der Waals surface area contributed by atoms with E-state index in [0.29, 0.717) is 5.57 Å². The second kappa shape index (κ2) is 4.56. The SMILES string of the molecule is C=C/C(=C\C=C/C)C(=N)N. The lowest BCUT2D eigenvalue weighted by Crippen LogP contribution is -2.10. The Balaban J connectivity index is 4.33. The molecule has 0 aromatic heterocycles. The van der Waals surface area contributed by atoms with E-state index in [2.05, 4.69) is 6.58 Å². The molecule has 0 radical (unpaired) electrons. The zero-order chi connectivity index (χ0) is 7.98. The number of hydrogen-bond donors (Lipinski definition) is 2. The van der Waals surface area contributed by atoms with E-state index in [1.165, 1.54) is 0 Å². The first-order chi connectivity index (χ1) is 4.72. The second-order valence-electron chi connectivity index (χ2n) is 1.77. The fraction of sp³-hybridized carbons (Fsp3) is 0.125. The van der Waals surface area contributed by atoms with Crippen molar-refractivity contribution in [2.24, 2.45) is 5.73 Å². The fourth-order valence-electron chi connectivity index (χ4n) is 0.468. The van der Waals surface area contributed by atoms with E-state index < -0.39 is 0 Å². The average Bonchev–Trinajstić information content (AvgIpc) is 1.89. The largest absolute Gasteiger partial charge is 0.384 e. The Morgan fingerprint density at radius 1 is 1.60 bits per heavy atom. The van der Waals surface area contributed by atoms with Crippen LogP contribution in [0.25, 0.3) is 0 Å². The van der Waals surface area contributed by atoms with Crippen molar-refractivity contribution in [3.05, 3.63) is 36.5 Å². The van der Waals surface area contributed by atoms with Crippen LogP contribution in [0, 0.1) is 5.41 Å². The first-order valence-electron chi connectivity index (χ1n) is 3.02. The van der Waals surface area contributed by atoms with Crippen molar-refractivity contribution in [2.75, 3.05) is 0 Å². The van der Waals surface area contributed by atoms with Crippen molar-refractivity contribution in [1.29, 1.82) is 5.41 Å². The third-order valence-corrected chi connectivity index (χ3v) is 0.999. The number of nitrogens with one attached hydrogen (secondary N) is 1. The maximum absolute atomic E-state index is 7.03. The summed E-state index contributed by atoms with van der Waals surface area (Å²) in [7, 11) is 0. The van der Waals surface area contributed by atoms with E-state index in [1.54, 1.807) is 12.2 Å². The van der Waals surface area contributed by atoms with E-state index in [0.717, 1.165) is 0 Å². The molecule has 0 heterocycles. The molecule has 54 valence electrons. The first-order valence-corrected chi connectivity index (χ1v) is 3.02. The molecular formula is C8H12N2. The van der Waals surface area contributed by atoms with Gasteiger partial charge in [-0.1, -0.05) is 30.9 Å². The molecule has 0 unspecified atom stereocenters. The summed E-state index contributed by atoms with van der Waals surface area (Å²) < 4.78 is 0. The van der Waals surface area contributed by atoms with Gasteiger partial charge >= 0.3 is 0 Å². The van der Waals surface area contributed by atoms with Crippen LogP contribution in [0.3, 0.4) is 0 Å². The topological polar surface area (TPSA) is 49.9 Å². The summed E-state index contributed by atoms with van der Waals surface area (Å²) in [4.78, 5) is 0. The Labute approximate surface area is 61.3 Å². The van der Waals surface area contributed by atoms with Crippen LogP contribution < -0.4 is 5.73 Å². The first kappa shape index (κ1) is 8.69. The zero-order valence-electron chi connectivity index (χ0n) is 6.09. The predicted octanol–water partition coefficient (Wildman–Crippen LogP) is 1.61. The minimum Gasteiger partial charge on any atom is -0.384 e. The standard InChI is InChI=1S/C8H12N2/c1-3-5-6-7(4-2)8(9)10/h3-6H,2H2,1H3,(H3,9,10)/b5-3-,7-6+. The number of hydrogen-bond acceptors (Lipinski definition) is 1. The van der Waals surface area contributed by atoms with Gasteiger partial charge < -0.3 is 5.73 Å². The summed E-state index contributed by atoms with van der Waals surface area (Å²) >= 11 is 0. The van der Waals surface area contributed by atoms with Crippen LogP contribution in [0.1, 0.15) is 6.92 Å². The van der Waals surface area contributed by atoms with E-state index >= 15 is 0 Å². The summed E-state index contributed by atoms with van der Waals surface area (Å²) in [5, 5.41) is 7.03. The Kier molecular flexibility index (Phi) is 3.96. The van der Waals surface area contributed by atoms with Crippen LogP contribution >= 0.6 is 0 Å². The molecule has 0 aliphatic carbocycles. The lowest BCUT2D eigenvalue weighted by atomic mass is 10.2. The monoisotopic (exact) mass is 136 g/mol. The van der Waals surface area contributed by atoms with Crippen molar-refractivity contribution < 1.29 is 0 Å². The van der Waals surface area contributed by atoms with Gasteiger partial charge in [0.05, 0.1) is 0 Å². The highest BCUT2D eigenvalue weighted by molar-refractivity contribution is 5.97. The molecule has 2 heteroatoms. The Hall–Kier alpha value is -1.31. The molecule has 0 aliphatic heterocycles. The Morgan fingerprint density at radius 3 is 2.50 bits per heavy atom. The van der Waals surface area contributed by atoms with Gasteiger partial charge in [-0.15, -0.1) is 0 Å². The summed E-state index contributed by atoms with van der Waals surface area (Å²) in [5.74, 6) is 0.0492. The molecule has 2 nitrogen and oxygen atoms in total. The van der Waals surface area contributed by atoms with Crippen molar-refractivity contribution >= 4 is 5.84 Å². The molecule has 0 rings (SSSR count). The van der Waals surface area contributed by atoms with Crippen LogP contribution in [-0.2, 0) is 0 Å². The maximum atomic E-state index is 7.03. The van der Waals surface area contributed by atoms with Crippen LogP contribution in [0.4, 0.5) is 0 Å². The van der Waals surface area contributed by atoms with E-state index in [4.69, 9.17) is 11.1 Å². The Morgan fingerprint density at radius 2 is 2.20 bits per heavy atom. The fourth-order valence-corrected chi connectivity index (χ4v) is 0.468. The van der Waals surface area contributed by atoms with Gasteiger partial charge in [0.2, 0.25) is 0 Å². The van der Waals surface area contributed by atoms with Gasteiger partial charge in [-0.3, -0.25) is 5.41 Å². The van der Waals surface area contributed by atoms with Gasteiger partial charge in [0.15, 0.2) is 0 Å². The number of allylic oxidation sites excluding steroid dienone is 3. The van der Waals surface area contributed by atoms with Crippen molar-refractivity contribution in [2.45, 2.75) is 6.92 Å². The quantitative estimate of drug-likeness (QED) is 0.345. The molecule has 0 saturated heterocycles. The maximum Gasteiger partial charge on any atom is 0.122 e. The molecule has 0 aromatic carbocycles. The highest BCUT2D eigenvalue weighted by Gasteiger charge is 1.90. The molecule has 10 heavy (non-hydrogen) atoms. The summed E-state index contributed by atoms with van der Waals surface area (Å²) in [6.07, 6.45) is 6.99. The van der Waals surface area contributed by atoms with E-state index in [9.17, 15) is 0 Å². The molecule has 0 atom stereocenters. The second-order valence-corrected chi connectivity index (χ2v) is 1.77. The van der Waals surface area contributed by atoms with Crippen LogP contribution in [0.2, 0.25) is 0 Å². The Bertz CT molecular complexity index is 187. The van der Waals surface area contributed by atoms with Gasteiger partial charge in [-0.05, 0) is 6.92 Å². The molecule has 0 saturated carbocycles. The third-order valence-electron chi connectivity index (χ3n) is 0.999. The van der Waals surface area contributed by atoms with Gasteiger partial charge in [0.25, 0.3) is 0 Å². The summed E-state index contributed by atoms with van der Waals surface area (Å²) in [6, 6.07) is 0. The summed E-state index contributed by atoms with van der Waals surface area (Å²) in [6.45, 7) is 5.41. The summed E-state index contributed by atoms with van der Waals surface area (Å²) in [5.41, 5.74) is 5.85. The number of nitrogens with two attached hydrogens (primary N) is 1. The van der Waals surface area contributed by atoms with Crippen LogP contribution in [0.5, 0.6) is 0 Å². The molecule has 0 spiro atoms. The molecule has 3 N–H and O–H groups in total. The van der Waals surface area contributed by atoms with Gasteiger partial charge in [-0.25, -0.2) is 0 Å². The van der Waals surface area contributed by atoms with E-state index in [-0.39, 0.29) is 5.84 Å². The highest BCUT2D eigenvalue weighted by atomic mass is 14.7. The van der Waals surface area contributed by atoms with Crippen molar-refractivity contribution in [3.63, 3.8) is 0 Å². The molecule has 0 amide bonds.